The van der Waals surface area contributed by atoms with Gasteiger partial charge in [0.15, 0.2) is 11.5 Å². The van der Waals surface area contributed by atoms with E-state index in [1.165, 1.54) is 13.8 Å². The molecule has 2 N–H and O–H groups in total. The Bertz CT molecular complexity index is 1660. The lowest BCUT2D eigenvalue weighted by atomic mass is 9.77. The lowest BCUT2D eigenvalue weighted by Gasteiger charge is -2.39. The normalized spacial score (nSPS) is 16.4. The molecule has 15 nitrogen and oxygen atoms in total. The molecule has 2 heterocycles. The highest BCUT2D eigenvalue weighted by molar-refractivity contribution is 7.53. The van der Waals surface area contributed by atoms with E-state index in [0.717, 1.165) is 22.9 Å². The second-order valence-electron chi connectivity index (χ2n) is 12.6. The van der Waals surface area contributed by atoms with E-state index in [1.54, 1.807) is 27.7 Å². The molecule has 3 rings (SSSR count). The van der Waals surface area contributed by atoms with Gasteiger partial charge in [-0.25, -0.2) is 13.6 Å². The van der Waals surface area contributed by atoms with Crippen LogP contribution in [-0.2, 0) is 50.4 Å². The number of nitrogens with zero attached hydrogens (tertiary/aromatic N) is 1. The van der Waals surface area contributed by atoms with E-state index in [0.29, 0.717) is 6.07 Å². The molecule has 2 aromatic rings. The van der Waals surface area contributed by atoms with E-state index in [9.17, 15) is 42.4 Å². The van der Waals surface area contributed by atoms with Gasteiger partial charge >= 0.3 is 19.7 Å². The number of fused-ring (bicyclic) bond motifs is 1. The standard InChI is InChI=1S/C32H41F2N2O13P/c1-18(2)11-25(37)45-16-47-50(43,48-17-46-31(42)49-19(3)4)10-9-44-24-15-36-14-22(27(38)28(39)26(36)29(40)32(24,5)6)30(41)35-13-20-7-8-21(33)12-23(20)34/h7-8,12,14,18-19,24,39H,9-11,13,15-17H2,1-6H3,(H,35,41). The van der Waals surface area contributed by atoms with Crippen LogP contribution in [0.5, 0.6) is 5.75 Å². The summed E-state index contributed by atoms with van der Waals surface area (Å²) in [6, 6.07) is 2.74. The molecule has 2 atom stereocenters. The van der Waals surface area contributed by atoms with Gasteiger partial charge in [0, 0.05) is 30.8 Å². The van der Waals surface area contributed by atoms with Gasteiger partial charge in [0.25, 0.3) is 5.91 Å². The first-order valence-corrected chi connectivity index (χ1v) is 17.3. The first kappa shape index (κ1) is 40.3. The van der Waals surface area contributed by atoms with E-state index in [2.05, 4.69) is 5.32 Å². The minimum atomic E-state index is -4.17. The monoisotopic (exact) mass is 730 g/mol. The van der Waals surface area contributed by atoms with Crippen LogP contribution in [0.4, 0.5) is 13.6 Å². The molecule has 1 amide bonds. The summed E-state index contributed by atoms with van der Waals surface area (Å²) in [5.74, 6) is -5.03. The van der Waals surface area contributed by atoms with Crippen LogP contribution in [-0.4, -0.2) is 72.1 Å². The quantitative estimate of drug-likeness (QED) is 0.138. The maximum Gasteiger partial charge on any atom is 0.510 e. The molecule has 1 aromatic heterocycles. The van der Waals surface area contributed by atoms with Crippen molar-refractivity contribution >= 4 is 31.4 Å². The van der Waals surface area contributed by atoms with Crippen LogP contribution >= 0.6 is 7.60 Å². The Morgan fingerprint density at radius 1 is 1.08 bits per heavy atom. The number of aromatic nitrogens is 1. The second-order valence-corrected chi connectivity index (χ2v) is 14.7. The van der Waals surface area contributed by atoms with Crippen molar-refractivity contribution in [2.75, 3.05) is 26.4 Å². The smallest absolute Gasteiger partial charge is 0.503 e. The van der Waals surface area contributed by atoms with Gasteiger partial charge in [0.05, 0.1) is 36.9 Å². The molecular weight excluding hydrogens is 689 g/mol. The van der Waals surface area contributed by atoms with Crippen LogP contribution in [0.3, 0.4) is 0 Å². The predicted molar refractivity (Wildman–Crippen MR) is 170 cm³/mol. The fourth-order valence-corrected chi connectivity index (χ4v) is 5.76. The first-order chi connectivity index (χ1) is 23.3. The molecule has 1 aliphatic heterocycles. The van der Waals surface area contributed by atoms with Gasteiger partial charge < -0.3 is 33.9 Å². The number of nitrogens with one attached hydrogen (secondary N) is 1. The van der Waals surface area contributed by atoms with Crippen LogP contribution < -0.4 is 10.7 Å². The fraction of sp³-hybridized carbons (Fsp3) is 0.531. The summed E-state index contributed by atoms with van der Waals surface area (Å²) < 4.78 is 72.9. The molecule has 0 aliphatic carbocycles. The van der Waals surface area contributed by atoms with Crippen molar-refractivity contribution in [1.29, 1.82) is 0 Å². The number of hydrogen-bond donors (Lipinski definition) is 2. The number of ether oxygens (including phenoxy) is 4. The molecule has 276 valence electrons. The molecule has 2 unspecified atom stereocenters. The highest BCUT2D eigenvalue weighted by Crippen LogP contribution is 2.48. The molecule has 0 saturated heterocycles. The molecule has 1 aromatic carbocycles. The third-order valence-electron chi connectivity index (χ3n) is 7.41. The van der Waals surface area contributed by atoms with Crippen molar-refractivity contribution in [3.8, 4) is 5.75 Å². The molecule has 0 bridgehead atoms. The number of rotatable bonds is 16. The van der Waals surface area contributed by atoms with Gasteiger partial charge in [-0.15, -0.1) is 0 Å². The molecule has 50 heavy (non-hydrogen) atoms. The number of benzene rings is 1. The number of halogens is 2. The highest BCUT2D eigenvalue weighted by atomic mass is 31.2. The van der Waals surface area contributed by atoms with Crippen LogP contribution in [0.25, 0.3) is 0 Å². The largest absolute Gasteiger partial charge is 0.510 e. The fourth-order valence-electron chi connectivity index (χ4n) is 4.67. The maximum atomic E-state index is 14.0. The highest BCUT2D eigenvalue weighted by Gasteiger charge is 2.46. The van der Waals surface area contributed by atoms with E-state index in [1.807, 2.05) is 0 Å². The second kappa shape index (κ2) is 17.2. The van der Waals surface area contributed by atoms with Gasteiger partial charge in [-0.1, -0.05) is 19.9 Å². The van der Waals surface area contributed by atoms with Gasteiger partial charge in [-0.3, -0.25) is 32.8 Å². The summed E-state index contributed by atoms with van der Waals surface area (Å²) in [4.78, 5) is 63.0. The third-order valence-corrected chi connectivity index (χ3v) is 9.14. The van der Waals surface area contributed by atoms with E-state index in [-0.39, 0.29) is 36.7 Å². The molecule has 18 heteroatoms. The molecule has 1 aliphatic rings. The number of pyridine rings is 1. The summed E-state index contributed by atoms with van der Waals surface area (Å²) in [6.45, 7) is 7.24. The Labute approximate surface area is 286 Å². The Morgan fingerprint density at radius 2 is 1.74 bits per heavy atom. The van der Waals surface area contributed by atoms with Gasteiger partial charge in [-0.2, -0.15) is 0 Å². The van der Waals surface area contributed by atoms with E-state index < -0.39 is 104 Å². The summed E-state index contributed by atoms with van der Waals surface area (Å²) in [5, 5.41) is 13.1. The number of hydrogen-bond acceptors (Lipinski definition) is 13. The Balaban J connectivity index is 1.75. The topological polar surface area (TPSA) is 195 Å². The zero-order valence-corrected chi connectivity index (χ0v) is 29.4. The number of Topliss-reactive ketones (excluding diaryl/α,β-unsaturated/α-hetero) is 1. The number of aromatic hydroxyl groups is 1. The minimum Gasteiger partial charge on any atom is -0.503 e. The maximum absolute atomic E-state index is 14.0. The van der Waals surface area contributed by atoms with Gasteiger partial charge in [0.2, 0.25) is 19.0 Å². The Kier molecular flexibility index (Phi) is 13.8. The Hall–Kier alpha value is -4.18. The molecular formula is C32H41F2N2O13P. The van der Waals surface area contributed by atoms with Crippen molar-refractivity contribution in [1.82, 2.24) is 9.88 Å². The lowest BCUT2D eigenvalue weighted by Crippen LogP contribution is -2.48. The van der Waals surface area contributed by atoms with Gasteiger partial charge in [-0.05, 0) is 39.7 Å². The predicted octanol–water partition coefficient (Wildman–Crippen LogP) is 4.66. The van der Waals surface area contributed by atoms with Crippen LogP contribution in [0.15, 0.2) is 29.2 Å². The van der Waals surface area contributed by atoms with E-state index in [4.69, 9.17) is 28.0 Å². The number of ketones is 1. The molecule has 0 saturated carbocycles. The summed E-state index contributed by atoms with van der Waals surface area (Å²) >= 11 is 0. The first-order valence-electron chi connectivity index (χ1n) is 15.6. The lowest BCUT2D eigenvalue weighted by molar-refractivity contribution is -0.151. The van der Waals surface area contributed by atoms with Crippen molar-refractivity contribution in [3.63, 3.8) is 0 Å². The zero-order valence-electron chi connectivity index (χ0n) is 28.5. The van der Waals surface area contributed by atoms with Crippen molar-refractivity contribution in [3.05, 3.63) is 63.1 Å². The molecule has 0 fully saturated rings. The number of carbonyl (C=O) groups excluding carboxylic acids is 4. The average Bonchev–Trinajstić information content (AvgIpc) is 3.00. The Morgan fingerprint density at radius 3 is 2.36 bits per heavy atom. The number of esters is 1. The SMILES string of the molecule is CC(C)CC(=O)OCOP(=O)(CCOC1Cn2cc(C(=O)NCc3ccc(F)cc3F)c(=O)c(O)c2C(=O)C1(C)C)OCOC(=O)OC(C)C. The van der Waals surface area contributed by atoms with Crippen molar-refractivity contribution in [2.45, 2.75) is 73.3 Å². The average molecular weight is 731 g/mol. The van der Waals surface area contributed by atoms with Crippen molar-refractivity contribution < 1.29 is 65.6 Å². The van der Waals surface area contributed by atoms with E-state index >= 15 is 0 Å². The van der Waals surface area contributed by atoms with Crippen molar-refractivity contribution in [2.24, 2.45) is 11.3 Å². The number of carbonyl (C=O) groups is 4. The van der Waals surface area contributed by atoms with Crippen LogP contribution in [0, 0.1) is 23.0 Å². The summed E-state index contributed by atoms with van der Waals surface area (Å²) in [6.07, 6.45) is -1.91. The molecule has 0 radical (unpaired) electrons. The van der Waals surface area contributed by atoms with Crippen LogP contribution in [0.2, 0.25) is 0 Å². The number of amides is 1. The third kappa shape index (κ3) is 10.7. The molecule has 0 spiro atoms. The van der Waals surface area contributed by atoms with Crippen LogP contribution in [0.1, 0.15) is 74.4 Å². The minimum absolute atomic E-state index is 0.0116. The zero-order chi connectivity index (χ0) is 37.4. The summed E-state index contributed by atoms with van der Waals surface area (Å²) in [5.41, 5.74) is -3.48. The van der Waals surface area contributed by atoms with Gasteiger partial charge in [0.1, 0.15) is 22.9 Å². The summed E-state index contributed by atoms with van der Waals surface area (Å²) in [7, 11) is -4.17.